The van der Waals surface area contributed by atoms with Crippen LogP contribution in [0, 0.1) is 0 Å². The predicted molar refractivity (Wildman–Crippen MR) is 95.3 cm³/mol. The van der Waals surface area contributed by atoms with E-state index < -0.39 is 6.04 Å². The van der Waals surface area contributed by atoms with Crippen LogP contribution in [-0.4, -0.2) is 16.4 Å². The lowest BCUT2D eigenvalue weighted by molar-refractivity contribution is -0.110. The number of aromatic nitrogens is 2. The number of carbonyl (C=O) groups is 1. The Hall–Kier alpha value is -2.92. The first-order chi connectivity index (χ1) is 12.3. The largest absolute Gasteiger partial charge is 0.489 e. The highest BCUT2D eigenvalue weighted by Crippen LogP contribution is 2.27. The Balaban J connectivity index is 1.83. The van der Waals surface area contributed by atoms with Crippen LogP contribution in [0.1, 0.15) is 22.9 Å². The van der Waals surface area contributed by atoms with Crippen LogP contribution < -0.4 is 10.1 Å². The van der Waals surface area contributed by atoms with Crippen molar-refractivity contribution in [2.24, 2.45) is 0 Å². The Morgan fingerprint density at radius 3 is 2.64 bits per heavy atom. The number of halogens is 1. The zero-order valence-electron chi connectivity index (χ0n) is 13.3. The number of nitrogens with one attached hydrogen (secondary N) is 1. The van der Waals surface area contributed by atoms with Gasteiger partial charge >= 0.3 is 0 Å². The summed E-state index contributed by atoms with van der Waals surface area (Å²) >= 11 is 6.12. The highest BCUT2D eigenvalue weighted by molar-refractivity contribution is 6.30. The molecule has 0 aliphatic heterocycles. The first-order valence-corrected chi connectivity index (χ1v) is 8.08. The fraction of sp³-hybridized carbons (Fsp3) is 0.105. The SMILES string of the molecule is O=CNC(c1cccc(OCc2ccccc2)c1)c1nccnc1Cl. The zero-order chi connectivity index (χ0) is 17.5. The van der Waals surface area contributed by atoms with Crippen molar-refractivity contribution >= 4 is 18.0 Å². The predicted octanol–water partition coefficient (Wildman–Crippen LogP) is 3.54. The number of hydrogen-bond acceptors (Lipinski definition) is 4. The molecule has 1 heterocycles. The maximum atomic E-state index is 11.0. The minimum Gasteiger partial charge on any atom is -0.489 e. The fourth-order valence-corrected chi connectivity index (χ4v) is 2.67. The molecule has 0 fully saturated rings. The molecule has 1 atom stereocenters. The van der Waals surface area contributed by atoms with Crippen LogP contribution in [0.3, 0.4) is 0 Å². The van der Waals surface area contributed by atoms with Gasteiger partial charge in [0.05, 0.1) is 6.04 Å². The van der Waals surface area contributed by atoms with Crippen LogP contribution in [0.4, 0.5) is 0 Å². The van der Waals surface area contributed by atoms with E-state index in [1.165, 1.54) is 12.4 Å². The molecule has 6 heteroatoms. The van der Waals surface area contributed by atoms with Gasteiger partial charge in [-0.1, -0.05) is 54.1 Å². The molecule has 3 aromatic rings. The van der Waals surface area contributed by atoms with Crippen molar-refractivity contribution in [3.63, 3.8) is 0 Å². The number of nitrogens with zero attached hydrogens (tertiary/aromatic N) is 2. The minimum absolute atomic E-state index is 0.248. The molecular formula is C19H16ClN3O2. The van der Waals surface area contributed by atoms with Crippen molar-refractivity contribution in [3.8, 4) is 5.75 Å². The van der Waals surface area contributed by atoms with Gasteiger partial charge in [-0.15, -0.1) is 0 Å². The number of benzene rings is 2. The summed E-state index contributed by atoms with van der Waals surface area (Å²) in [6, 6.07) is 16.9. The van der Waals surface area contributed by atoms with E-state index in [2.05, 4.69) is 15.3 Å². The summed E-state index contributed by atoms with van der Waals surface area (Å²) in [5.74, 6) is 0.694. The van der Waals surface area contributed by atoms with Gasteiger partial charge in [0.1, 0.15) is 18.1 Å². The number of ether oxygens (including phenoxy) is 1. The smallest absolute Gasteiger partial charge is 0.207 e. The molecule has 0 radical (unpaired) electrons. The van der Waals surface area contributed by atoms with E-state index in [0.29, 0.717) is 24.5 Å². The first kappa shape index (κ1) is 16.9. The molecule has 3 rings (SSSR count). The van der Waals surface area contributed by atoms with Crippen molar-refractivity contribution in [2.45, 2.75) is 12.6 Å². The maximum Gasteiger partial charge on any atom is 0.207 e. The van der Waals surface area contributed by atoms with Crippen LogP contribution in [0.5, 0.6) is 5.75 Å². The molecule has 0 spiro atoms. The molecule has 5 nitrogen and oxygen atoms in total. The second-order valence-electron chi connectivity index (χ2n) is 5.30. The highest BCUT2D eigenvalue weighted by atomic mass is 35.5. The third-order valence-electron chi connectivity index (χ3n) is 3.63. The van der Waals surface area contributed by atoms with Crippen LogP contribution in [0.15, 0.2) is 67.0 Å². The Labute approximate surface area is 150 Å². The summed E-state index contributed by atoms with van der Waals surface area (Å²) in [6.07, 6.45) is 3.66. The van der Waals surface area contributed by atoms with Crippen molar-refractivity contribution < 1.29 is 9.53 Å². The Morgan fingerprint density at radius 1 is 1.08 bits per heavy atom. The lowest BCUT2D eigenvalue weighted by Gasteiger charge is -2.17. The average Bonchev–Trinajstić information content (AvgIpc) is 2.66. The Morgan fingerprint density at radius 2 is 1.88 bits per heavy atom. The quantitative estimate of drug-likeness (QED) is 0.660. The monoisotopic (exact) mass is 353 g/mol. The number of rotatable bonds is 7. The lowest BCUT2D eigenvalue weighted by atomic mass is 10.0. The molecule has 0 saturated heterocycles. The van der Waals surface area contributed by atoms with Gasteiger partial charge in [-0.05, 0) is 23.3 Å². The molecule has 2 aromatic carbocycles. The Kier molecular flexibility index (Phi) is 5.59. The molecule has 1 unspecified atom stereocenters. The van der Waals surface area contributed by atoms with Gasteiger partial charge in [0, 0.05) is 12.4 Å². The van der Waals surface area contributed by atoms with E-state index in [1.807, 2.05) is 54.6 Å². The molecule has 1 N–H and O–H groups in total. The normalized spacial score (nSPS) is 11.6. The minimum atomic E-state index is -0.501. The standard InChI is InChI=1S/C19H16ClN3O2/c20-19-18(21-9-10-22-19)17(23-13-24)15-7-4-8-16(11-15)25-12-14-5-2-1-3-6-14/h1-11,13,17H,12H2,(H,23,24). The zero-order valence-corrected chi connectivity index (χ0v) is 14.1. The molecule has 126 valence electrons. The summed E-state index contributed by atoms with van der Waals surface area (Å²) in [7, 11) is 0. The molecule has 1 aromatic heterocycles. The van der Waals surface area contributed by atoms with Gasteiger partial charge < -0.3 is 10.1 Å². The topological polar surface area (TPSA) is 64.1 Å². The average molecular weight is 354 g/mol. The third kappa shape index (κ3) is 4.33. The molecule has 0 aliphatic carbocycles. The van der Waals surface area contributed by atoms with Gasteiger partial charge in [-0.2, -0.15) is 0 Å². The summed E-state index contributed by atoms with van der Waals surface area (Å²) in [5, 5.41) is 2.98. The van der Waals surface area contributed by atoms with E-state index >= 15 is 0 Å². The second-order valence-corrected chi connectivity index (χ2v) is 5.65. The van der Waals surface area contributed by atoms with Crippen LogP contribution >= 0.6 is 11.6 Å². The summed E-state index contributed by atoms with van der Waals surface area (Å²) in [4.78, 5) is 19.3. The van der Waals surface area contributed by atoms with E-state index in [9.17, 15) is 4.79 Å². The van der Waals surface area contributed by atoms with Crippen LogP contribution in [0.2, 0.25) is 5.15 Å². The van der Waals surface area contributed by atoms with Gasteiger partial charge in [0.25, 0.3) is 0 Å². The van der Waals surface area contributed by atoms with Gasteiger partial charge in [0.2, 0.25) is 6.41 Å². The first-order valence-electron chi connectivity index (χ1n) is 7.70. The highest BCUT2D eigenvalue weighted by Gasteiger charge is 2.19. The van der Waals surface area contributed by atoms with Crippen molar-refractivity contribution in [3.05, 3.63) is 89.0 Å². The summed E-state index contributed by atoms with van der Waals surface area (Å²) < 4.78 is 5.84. The second kappa shape index (κ2) is 8.26. The molecule has 0 saturated carbocycles. The number of carbonyl (C=O) groups excluding carboxylic acids is 1. The van der Waals surface area contributed by atoms with Crippen molar-refractivity contribution in [1.29, 1.82) is 0 Å². The molecule has 1 amide bonds. The lowest BCUT2D eigenvalue weighted by Crippen LogP contribution is -2.22. The van der Waals surface area contributed by atoms with Crippen molar-refractivity contribution in [1.82, 2.24) is 15.3 Å². The van der Waals surface area contributed by atoms with E-state index in [-0.39, 0.29) is 5.15 Å². The fourth-order valence-electron chi connectivity index (χ4n) is 2.45. The van der Waals surface area contributed by atoms with Gasteiger partial charge in [0.15, 0.2) is 5.15 Å². The molecule has 25 heavy (non-hydrogen) atoms. The van der Waals surface area contributed by atoms with E-state index in [4.69, 9.17) is 16.3 Å². The summed E-state index contributed by atoms with van der Waals surface area (Å²) in [6.45, 7) is 0.460. The van der Waals surface area contributed by atoms with E-state index in [1.54, 1.807) is 0 Å². The van der Waals surface area contributed by atoms with Crippen molar-refractivity contribution in [2.75, 3.05) is 0 Å². The third-order valence-corrected chi connectivity index (χ3v) is 3.92. The van der Waals surface area contributed by atoms with Crippen LogP contribution in [0.25, 0.3) is 0 Å². The molecule has 0 aliphatic rings. The summed E-state index contributed by atoms with van der Waals surface area (Å²) in [5.41, 5.74) is 2.36. The molecular weight excluding hydrogens is 338 g/mol. The Bertz CT molecular complexity index is 843. The number of amides is 1. The van der Waals surface area contributed by atoms with E-state index in [0.717, 1.165) is 11.1 Å². The number of hydrogen-bond donors (Lipinski definition) is 1. The maximum absolute atomic E-state index is 11.0. The van der Waals surface area contributed by atoms with Gasteiger partial charge in [-0.3, -0.25) is 9.78 Å². The van der Waals surface area contributed by atoms with Crippen LogP contribution in [-0.2, 0) is 11.4 Å². The molecule has 0 bridgehead atoms. The van der Waals surface area contributed by atoms with Gasteiger partial charge in [-0.25, -0.2) is 4.98 Å².